The standard InChI is InChI=1S/C11H20ClNO3/c1-9(12)11(14)13(5-8-15-2)10-3-6-16-7-4-10/h9-10H,3-8H2,1-2H3/t9-/m1/s1. The van der Waals surface area contributed by atoms with Crippen LogP contribution in [0.1, 0.15) is 19.8 Å². The van der Waals surface area contributed by atoms with Gasteiger partial charge in [-0.1, -0.05) is 0 Å². The topological polar surface area (TPSA) is 38.8 Å². The van der Waals surface area contributed by atoms with Gasteiger partial charge in [0.1, 0.15) is 5.38 Å². The summed E-state index contributed by atoms with van der Waals surface area (Å²) in [6.45, 7) is 4.31. The molecule has 1 amide bonds. The van der Waals surface area contributed by atoms with Gasteiger partial charge in [0.25, 0.3) is 0 Å². The van der Waals surface area contributed by atoms with Crippen LogP contribution in [0.4, 0.5) is 0 Å². The van der Waals surface area contributed by atoms with E-state index in [4.69, 9.17) is 21.1 Å². The molecule has 0 aromatic rings. The lowest BCUT2D eigenvalue weighted by atomic mass is 10.1. The van der Waals surface area contributed by atoms with Crippen LogP contribution in [0.25, 0.3) is 0 Å². The number of carbonyl (C=O) groups excluding carboxylic acids is 1. The van der Waals surface area contributed by atoms with E-state index in [0.717, 1.165) is 26.1 Å². The molecule has 0 spiro atoms. The third kappa shape index (κ3) is 3.92. The molecule has 1 atom stereocenters. The van der Waals surface area contributed by atoms with E-state index in [1.54, 1.807) is 14.0 Å². The van der Waals surface area contributed by atoms with Crippen molar-refractivity contribution in [3.63, 3.8) is 0 Å². The van der Waals surface area contributed by atoms with E-state index in [9.17, 15) is 4.79 Å². The maximum absolute atomic E-state index is 11.9. The largest absolute Gasteiger partial charge is 0.383 e. The van der Waals surface area contributed by atoms with Gasteiger partial charge in [-0.25, -0.2) is 0 Å². The van der Waals surface area contributed by atoms with E-state index in [2.05, 4.69) is 0 Å². The van der Waals surface area contributed by atoms with E-state index in [-0.39, 0.29) is 11.9 Å². The van der Waals surface area contributed by atoms with Crippen LogP contribution in [0.3, 0.4) is 0 Å². The Morgan fingerprint density at radius 3 is 2.69 bits per heavy atom. The van der Waals surface area contributed by atoms with Crippen LogP contribution in [-0.4, -0.2) is 55.7 Å². The summed E-state index contributed by atoms with van der Waals surface area (Å²) in [5.74, 6) is -0.00869. The molecule has 1 aliphatic rings. The second-order valence-electron chi connectivity index (χ2n) is 3.98. The Balaban J connectivity index is 2.57. The molecule has 94 valence electrons. The van der Waals surface area contributed by atoms with Crippen LogP contribution >= 0.6 is 11.6 Å². The summed E-state index contributed by atoms with van der Waals surface area (Å²) in [6.07, 6.45) is 1.78. The number of hydrogen-bond acceptors (Lipinski definition) is 3. The Kier molecular flexibility index (Phi) is 6.09. The molecule has 1 saturated heterocycles. The minimum absolute atomic E-state index is 0.00869. The lowest BCUT2D eigenvalue weighted by Crippen LogP contribution is -2.47. The number of carbonyl (C=O) groups is 1. The van der Waals surface area contributed by atoms with E-state index in [1.165, 1.54) is 0 Å². The summed E-state index contributed by atoms with van der Waals surface area (Å²) in [5, 5.41) is -0.472. The third-order valence-electron chi connectivity index (χ3n) is 2.79. The Bertz CT molecular complexity index is 217. The fraction of sp³-hybridized carbons (Fsp3) is 0.909. The van der Waals surface area contributed by atoms with Gasteiger partial charge >= 0.3 is 0 Å². The summed E-state index contributed by atoms with van der Waals surface area (Å²) in [5.41, 5.74) is 0. The Morgan fingerprint density at radius 2 is 2.19 bits per heavy atom. The molecule has 16 heavy (non-hydrogen) atoms. The number of hydrogen-bond donors (Lipinski definition) is 0. The van der Waals surface area contributed by atoms with Crippen LogP contribution in [0, 0.1) is 0 Å². The van der Waals surface area contributed by atoms with Crippen molar-refractivity contribution in [3.05, 3.63) is 0 Å². The van der Waals surface area contributed by atoms with Gasteiger partial charge in [-0.3, -0.25) is 4.79 Å². The smallest absolute Gasteiger partial charge is 0.240 e. The van der Waals surface area contributed by atoms with Gasteiger partial charge < -0.3 is 14.4 Å². The molecular weight excluding hydrogens is 230 g/mol. The van der Waals surface area contributed by atoms with Gasteiger partial charge in [0.05, 0.1) is 6.61 Å². The normalized spacial score (nSPS) is 19.4. The van der Waals surface area contributed by atoms with Gasteiger partial charge in [0.15, 0.2) is 0 Å². The van der Waals surface area contributed by atoms with Gasteiger partial charge in [-0.15, -0.1) is 11.6 Å². The highest BCUT2D eigenvalue weighted by atomic mass is 35.5. The highest BCUT2D eigenvalue weighted by molar-refractivity contribution is 6.30. The maximum Gasteiger partial charge on any atom is 0.240 e. The molecule has 0 unspecified atom stereocenters. The lowest BCUT2D eigenvalue weighted by Gasteiger charge is -2.34. The van der Waals surface area contributed by atoms with Crippen molar-refractivity contribution < 1.29 is 14.3 Å². The molecule has 1 rings (SSSR count). The number of alkyl halides is 1. The molecule has 1 heterocycles. The molecule has 5 heteroatoms. The quantitative estimate of drug-likeness (QED) is 0.689. The Labute approximate surface area is 102 Å². The number of methoxy groups -OCH3 is 1. The van der Waals surface area contributed by atoms with Gasteiger partial charge in [0.2, 0.25) is 5.91 Å². The summed E-state index contributed by atoms with van der Waals surface area (Å²) < 4.78 is 10.3. The van der Waals surface area contributed by atoms with Crippen molar-refractivity contribution in [2.45, 2.75) is 31.2 Å². The van der Waals surface area contributed by atoms with E-state index < -0.39 is 5.38 Å². The highest BCUT2D eigenvalue weighted by Crippen LogP contribution is 2.16. The molecule has 0 aliphatic carbocycles. The zero-order valence-electron chi connectivity index (χ0n) is 9.95. The van der Waals surface area contributed by atoms with Crippen molar-refractivity contribution in [1.82, 2.24) is 4.90 Å². The van der Waals surface area contributed by atoms with E-state index in [0.29, 0.717) is 13.2 Å². The van der Waals surface area contributed by atoms with E-state index >= 15 is 0 Å². The lowest BCUT2D eigenvalue weighted by molar-refractivity contribution is -0.135. The molecule has 1 aliphatic heterocycles. The molecule has 0 radical (unpaired) electrons. The van der Waals surface area contributed by atoms with Crippen LogP contribution in [0.2, 0.25) is 0 Å². The molecule has 0 aromatic heterocycles. The summed E-state index contributed by atoms with van der Waals surface area (Å²) >= 11 is 5.86. The van der Waals surface area contributed by atoms with E-state index in [1.807, 2.05) is 4.90 Å². The fourth-order valence-corrected chi connectivity index (χ4v) is 2.01. The zero-order valence-corrected chi connectivity index (χ0v) is 10.7. The first-order valence-corrected chi connectivity index (χ1v) is 6.11. The van der Waals surface area contributed by atoms with Crippen LogP contribution in [-0.2, 0) is 14.3 Å². The molecule has 0 N–H and O–H groups in total. The van der Waals surface area contributed by atoms with Crippen molar-refractivity contribution in [1.29, 1.82) is 0 Å². The van der Waals surface area contributed by atoms with Crippen molar-refractivity contribution in [3.8, 4) is 0 Å². The van der Waals surface area contributed by atoms with Gasteiger partial charge in [0, 0.05) is 32.9 Å². The fourth-order valence-electron chi connectivity index (χ4n) is 1.89. The van der Waals surface area contributed by atoms with Crippen LogP contribution in [0.15, 0.2) is 0 Å². The minimum atomic E-state index is -0.472. The molecule has 0 aromatic carbocycles. The number of amides is 1. The monoisotopic (exact) mass is 249 g/mol. The number of rotatable bonds is 5. The maximum atomic E-state index is 11.9. The average molecular weight is 250 g/mol. The average Bonchev–Trinajstić information content (AvgIpc) is 2.30. The summed E-state index contributed by atoms with van der Waals surface area (Å²) in [4.78, 5) is 13.8. The second kappa shape index (κ2) is 7.09. The SMILES string of the molecule is COCCN(C(=O)[C@@H](C)Cl)C1CCOCC1. The molecular formula is C11H20ClNO3. The van der Waals surface area contributed by atoms with Gasteiger partial charge in [-0.05, 0) is 19.8 Å². The number of nitrogens with zero attached hydrogens (tertiary/aromatic N) is 1. The van der Waals surface area contributed by atoms with Gasteiger partial charge in [-0.2, -0.15) is 0 Å². The minimum Gasteiger partial charge on any atom is -0.383 e. The van der Waals surface area contributed by atoms with Crippen molar-refractivity contribution in [2.24, 2.45) is 0 Å². The summed E-state index contributed by atoms with van der Waals surface area (Å²) in [7, 11) is 1.64. The molecule has 1 fully saturated rings. The van der Waals surface area contributed by atoms with Crippen LogP contribution < -0.4 is 0 Å². The molecule has 0 saturated carbocycles. The first kappa shape index (κ1) is 13.7. The first-order chi connectivity index (χ1) is 7.66. The number of ether oxygens (including phenoxy) is 2. The van der Waals surface area contributed by atoms with Crippen molar-refractivity contribution >= 4 is 17.5 Å². The first-order valence-electron chi connectivity index (χ1n) is 5.68. The number of halogens is 1. The Morgan fingerprint density at radius 1 is 1.56 bits per heavy atom. The second-order valence-corrected chi connectivity index (χ2v) is 4.64. The highest BCUT2D eigenvalue weighted by Gasteiger charge is 2.27. The third-order valence-corrected chi connectivity index (χ3v) is 2.98. The molecule has 4 nitrogen and oxygen atoms in total. The van der Waals surface area contributed by atoms with Crippen LogP contribution in [0.5, 0.6) is 0 Å². The zero-order chi connectivity index (χ0) is 12.0. The molecule has 0 bridgehead atoms. The predicted octanol–water partition coefficient (Wildman–Crippen LogP) is 1.27. The summed E-state index contributed by atoms with van der Waals surface area (Å²) in [6, 6.07) is 0.248. The Hall–Kier alpha value is -0.320. The predicted molar refractivity (Wildman–Crippen MR) is 62.7 cm³/mol. The van der Waals surface area contributed by atoms with Crippen molar-refractivity contribution in [2.75, 3.05) is 33.5 Å².